The van der Waals surface area contributed by atoms with Crippen molar-refractivity contribution in [2.75, 3.05) is 13.1 Å². The van der Waals surface area contributed by atoms with E-state index in [1.54, 1.807) is 18.2 Å². The highest BCUT2D eigenvalue weighted by Crippen LogP contribution is 2.28. The minimum Gasteiger partial charge on any atom is -0.393 e. The Labute approximate surface area is 106 Å². The summed E-state index contributed by atoms with van der Waals surface area (Å²) < 4.78 is 27.7. The van der Waals surface area contributed by atoms with E-state index in [2.05, 4.69) is 4.40 Å². The van der Waals surface area contributed by atoms with Gasteiger partial charge in [0.1, 0.15) is 4.90 Å². The molecule has 1 saturated heterocycles. The van der Waals surface area contributed by atoms with Crippen LogP contribution < -0.4 is 0 Å². The molecular weight excluding hydrogens is 252 g/mol. The molecule has 1 N–H and O–H groups in total. The van der Waals surface area contributed by atoms with Gasteiger partial charge in [0.05, 0.1) is 6.10 Å². The molecular formula is C12H14N2O3S. The monoisotopic (exact) mass is 266 g/mol. The second-order valence-corrected chi connectivity index (χ2v) is 6.18. The van der Waals surface area contributed by atoms with E-state index in [1.165, 1.54) is 0 Å². The zero-order valence-corrected chi connectivity index (χ0v) is 10.6. The summed E-state index contributed by atoms with van der Waals surface area (Å²) in [5.74, 6) is 0.525. The molecule has 0 radical (unpaired) electrons. The Bertz CT molecular complexity index is 602. The Morgan fingerprint density at radius 1 is 1.22 bits per heavy atom. The number of rotatable bonds is 0. The first-order valence-electron chi connectivity index (χ1n) is 5.95. The second kappa shape index (κ2) is 4.07. The highest BCUT2D eigenvalue weighted by Gasteiger charge is 2.32. The lowest BCUT2D eigenvalue weighted by Gasteiger charge is -2.30. The molecule has 2 aliphatic heterocycles. The maximum absolute atomic E-state index is 11.9. The van der Waals surface area contributed by atoms with Crippen LogP contribution in [0.15, 0.2) is 33.6 Å². The second-order valence-electron chi connectivity index (χ2n) is 4.60. The van der Waals surface area contributed by atoms with Crippen molar-refractivity contribution in [3.8, 4) is 0 Å². The third-order valence-electron chi connectivity index (χ3n) is 3.38. The molecule has 18 heavy (non-hydrogen) atoms. The molecule has 3 rings (SSSR count). The number of sulfonamides is 1. The van der Waals surface area contributed by atoms with Gasteiger partial charge in [0.25, 0.3) is 10.0 Å². The number of benzene rings is 1. The van der Waals surface area contributed by atoms with E-state index in [4.69, 9.17) is 0 Å². The molecule has 1 fully saturated rings. The summed E-state index contributed by atoms with van der Waals surface area (Å²) in [5, 5.41) is 9.48. The Kier molecular flexibility index (Phi) is 2.64. The van der Waals surface area contributed by atoms with Crippen LogP contribution in [0.1, 0.15) is 18.4 Å². The van der Waals surface area contributed by atoms with Gasteiger partial charge in [-0.3, -0.25) is 0 Å². The largest absolute Gasteiger partial charge is 0.393 e. The minimum absolute atomic E-state index is 0.282. The normalized spacial score (nSPS) is 22.7. The third kappa shape index (κ3) is 1.81. The molecule has 1 aromatic rings. The van der Waals surface area contributed by atoms with Crippen molar-refractivity contribution in [2.45, 2.75) is 23.8 Å². The Morgan fingerprint density at radius 2 is 1.89 bits per heavy atom. The number of hydrogen-bond acceptors (Lipinski definition) is 4. The molecule has 96 valence electrons. The van der Waals surface area contributed by atoms with E-state index in [0.29, 0.717) is 37.3 Å². The van der Waals surface area contributed by atoms with Crippen molar-refractivity contribution in [1.82, 2.24) is 4.90 Å². The molecule has 0 amide bonds. The van der Waals surface area contributed by atoms with Crippen LogP contribution in [0.4, 0.5) is 0 Å². The SMILES string of the molecule is O=S1(=O)N=C(N2CCC(O)CC2)c2ccccc21. The highest BCUT2D eigenvalue weighted by molar-refractivity contribution is 7.90. The zero-order chi connectivity index (χ0) is 12.8. The van der Waals surface area contributed by atoms with Crippen molar-refractivity contribution in [1.29, 1.82) is 0 Å². The van der Waals surface area contributed by atoms with E-state index in [-0.39, 0.29) is 11.0 Å². The number of amidine groups is 1. The quantitative estimate of drug-likeness (QED) is 0.746. The molecule has 0 spiro atoms. The maximum Gasteiger partial charge on any atom is 0.285 e. The van der Waals surface area contributed by atoms with Gasteiger partial charge >= 0.3 is 0 Å². The van der Waals surface area contributed by atoms with Crippen molar-refractivity contribution in [3.63, 3.8) is 0 Å². The summed E-state index contributed by atoms with van der Waals surface area (Å²) in [6.45, 7) is 1.29. The summed E-state index contributed by atoms with van der Waals surface area (Å²) >= 11 is 0. The Hall–Kier alpha value is -1.40. The summed E-state index contributed by atoms with van der Waals surface area (Å²) in [4.78, 5) is 2.22. The number of piperidine rings is 1. The molecule has 0 atom stereocenters. The Balaban J connectivity index is 1.99. The lowest BCUT2D eigenvalue weighted by Crippen LogP contribution is -2.40. The van der Waals surface area contributed by atoms with Gasteiger partial charge in [-0.25, -0.2) is 0 Å². The number of fused-ring (bicyclic) bond motifs is 1. The van der Waals surface area contributed by atoms with Crippen molar-refractivity contribution >= 4 is 15.9 Å². The van der Waals surface area contributed by atoms with Gasteiger partial charge in [0.15, 0.2) is 5.84 Å². The van der Waals surface area contributed by atoms with Crippen LogP contribution in [0.3, 0.4) is 0 Å². The minimum atomic E-state index is -3.53. The van der Waals surface area contributed by atoms with E-state index in [1.807, 2.05) is 11.0 Å². The maximum atomic E-state index is 11.9. The molecule has 6 heteroatoms. The number of aliphatic hydroxyl groups excluding tert-OH is 1. The predicted molar refractivity (Wildman–Crippen MR) is 67.0 cm³/mol. The molecule has 1 aromatic carbocycles. The average Bonchev–Trinajstić information content (AvgIpc) is 2.63. The van der Waals surface area contributed by atoms with Gasteiger partial charge in [0.2, 0.25) is 0 Å². The summed E-state index contributed by atoms with van der Waals surface area (Å²) in [7, 11) is -3.53. The van der Waals surface area contributed by atoms with Gasteiger partial charge < -0.3 is 10.0 Å². The first-order chi connectivity index (χ1) is 8.58. The van der Waals surface area contributed by atoms with Gasteiger partial charge in [-0.2, -0.15) is 8.42 Å². The molecule has 0 aliphatic carbocycles. The van der Waals surface area contributed by atoms with Crippen LogP contribution >= 0.6 is 0 Å². The van der Waals surface area contributed by atoms with E-state index in [9.17, 15) is 13.5 Å². The Morgan fingerprint density at radius 3 is 2.61 bits per heavy atom. The van der Waals surface area contributed by atoms with Crippen LogP contribution in [0.5, 0.6) is 0 Å². The van der Waals surface area contributed by atoms with Crippen molar-refractivity contribution < 1.29 is 13.5 Å². The van der Waals surface area contributed by atoms with E-state index >= 15 is 0 Å². The molecule has 0 unspecified atom stereocenters. The third-order valence-corrected chi connectivity index (χ3v) is 4.70. The van der Waals surface area contributed by atoms with Crippen molar-refractivity contribution in [3.05, 3.63) is 29.8 Å². The first kappa shape index (κ1) is 11.7. The van der Waals surface area contributed by atoms with Gasteiger partial charge in [0, 0.05) is 18.7 Å². The fourth-order valence-electron chi connectivity index (χ4n) is 2.39. The smallest absolute Gasteiger partial charge is 0.285 e. The van der Waals surface area contributed by atoms with Crippen LogP contribution in [0.25, 0.3) is 0 Å². The summed E-state index contributed by atoms with van der Waals surface area (Å²) in [5.41, 5.74) is 0.675. The first-order valence-corrected chi connectivity index (χ1v) is 7.39. The number of nitrogens with zero attached hydrogens (tertiary/aromatic N) is 2. The lowest BCUT2D eigenvalue weighted by atomic mass is 10.1. The molecule has 2 aliphatic rings. The van der Waals surface area contributed by atoms with Gasteiger partial charge in [-0.05, 0) is 25.0 Å². The summed E-state index contributed by atoms with van der Waals surface area (Å²) in [6.07, 6.45) is 1.03. The average molecular weight is 266 g/mol. The highest BCUT2D eigenvalue weighted by atomic mass is 32.2. The van der Waals surface area contributed by atoms with Crippen LogP contribution in [-0.4, -0.2) is 43.5 Å². The van der Waals surface area contributed by atoms with Gasteiger partial charge in [-0.15, -0.1) is 4.40 Å². The molecule has 2 heterocycles. The molecule has 5 nitrogen and oxygen atoms in total. The topological polar surface area (TPSA) is 70.0 Å². The lowest BCUT2D eigenvalue weighted by molar-refractivity contribution is 0.109. The zero-order valence-electron chi connectivity index (χ0n) is 9.78. The molecule has 0 aromatic heterocycles. The summed E-state index contributed by atoms with van der Waals surface area (Å²) in [6, 6.07) is 6.88. The van der Waals surface area contributed by atoms with Crippen LogP contribution in [-0.2, 0) is 10.0 Å². The fraction of sp³-hybridized carbons (Fsp3) is 0.417. The van der Waals surface area contributed by atoms with E-state index < -0.39 is 10.0 Å². The fourth-order valence-corrected chi connectivity index (χ4v) is 3.62. The number of aliphatic hydroxyl groups is 1. The van der Waals surface area contributed by atoms with Gasteiger partial charge in [-0.1, -0.05) is 12.1 Å². The van der Waals surface area contributed by atoms with Crippen molar-refractivity contribution in [2.24, 2.45) is 4.40 Å². The van der Waals surface area contributed by atoms with Crippen LogP contribution in [0.2, 0.25) is 0 Å². The number of hydrogen-bond donors (Lipinski definition) is 1. The van der Waals surface area contributed by atoms with Crippen LogP contribution in [0, 0.1) is 0 Å². The van der Waals surface area contributed by atoms with E-state index in [0.717, 1.165) is 0 Å². The standard InChI is InChI=1S/C12H14N2O3S/c15-9-5-7-14(8-6-9)12-10-3-1-2-4-11(10)18(16,17)13-12/h1-4,9,15H,5-8H2. The predicted octanol–water partition coefficient (Wildman–Crippen LogP) is 0.592. The molecule has 0 saturated carbocycles. The molecule has 0 bridgehead atoms. The number of likely N-dealkylation sites (tertiary alicyclic amines) is 1.